The molecule has 0 saturated carbocycles. The number of aromatic carboxylic acids is 1. The van der Waals surface area contributed by atoms with Crippen molar-refractivity contribution in [2.75, 3.05) is 13.1 Å². The number of carbonyl (C=O) groups excluding carboxylic acids is 2. The highest BCUT2D eigenvalue weighted by molar-refractivity contribution is 7.11. The van der Waals surface area contributed by atoms with Crippen molar-refractivity contribution in [1.29, 1.82) is 0 Å². The number of rotatable bonds is 10. The highest BCUT2D eigenvalue weighted by Crippen LogP contribution is 2.29. The number of para-hydroxylation sites is 1. The molecule has 1 saturated heterocycles. The zero-order valence-electron chi connectivity index (χ0n) is 23.0. The highest BCUT2D eigenvalue weighted by Gasteiger charge is 2.28. The second-order valence-corrected chi connectivity index (χ2v) is 12.0. The number of urea groups is 1. The Morgan fingerprint density at radius 2 is 1.82 bits per heavy atom. The molecule has 0 bridgehead atoms. The minimum absolute atomic E-state index is 0.0795. The van der Waals surface area contributed by atoms with Gasteiger partial charge in [-0.2, -0.15) is 0 Å². The first-order valence-corrected chi connectivity index (χ1v) is 14.7. The van der Waals surface area contributed by atoms with E-state index in [2.05, 4.69) is 20.6 Å². The number of likely N-dealkylation sites (tertiary alicyclic amines) is 1. The van der Waals surface area contributed by atoms with E-state index in [1.54, 1.807) is 6.92 Å². The number of carboxylic acids is 1. The minimum atomic E-state index is -1.03. The minimum Gasteiger partial charge on any atom is -0.476 e. The number of aryl methyl sites for hydroxylation is 2. The quantitative estimate of drug-likeness (QED) is 0.267. The van der Waals surface area contributed by atoms with Crippen molar-refractivity contribution in [3.05, 3.63) is 51.6 Å². The summed E-state index contributed by atoms with van der Waals surface area (Å²) in [5.74, 6) is -1.04. The van der Waals surface area contributed by atoms with Gasteiger partial charge in [0.1, 0.15) is 6.04 Å². The summed E-state index contributed by atoms with van der Waals surface area (Å²) in [6.45, 7) is 7.27. The van der Waals surface area contributed by atoms with Gasteiger partial charge in [-0.25, -0.2) is 14.6 Å². The number of nitrogens with zero attached hydrogens (tertiary/aromatic N) is 2. The average molecular weight is 554 g/mol. The number of carboxylic acid groups (broad SMARTS) is 1. The van der Waals surface area contributed by atoms with Crippen molar-refractivity contribution in [3.63, 3.8) is 0 Å². The van der Waals surface area contributed by atoms with Gasteiger partial charge < -0.3 is 25.6 Å². The molecular formula is C29H39N5O4S. The van der Waals surface area contributed by atoms with E-state index >= 15 is 0 Å². The van der Waals surface area contributed by atoms with Crippen LogP contribution < -0.4 is 10.6 Å². The monoisotopic (exact) mass is 553 g/mol. The van der Waals surface area contributed by atoms with Gasteiger partial charge in [0, 0.05) is 41.5 Å². The van der Waals surface area contributed by atoms with Gasteiger partial charge in [0.15, 0.2) is 5.69 Å². The topological polar surface area (TPSA) is 127 Å². The first-order chi connectivity index (χ1) is 18.7. The summed E-state index contributed by atoms with van der Waals surface area (Å²) in [6.07, 6.45) is 7.70. The van der Waals surface area contributed by atoms with E-state index in [9.17, 15) is 19.5 Å². The van der Waals surface area contributed by atoms with Crippen molar-refractivity contribution in [2.45, 2.75) is 77.8 Å². The molecule has 4 N–H and O–H groups in total. The van der Waals surface area contributed by atoms with E-state index in [1.165, 1.54) is 11.3 Å². The lowest BCUT2D eigenvalue weighted by atomic mass is 9.99. The van der Waals surface area contributed by atoms with Gasteiger partial charge in [0.25, 0.3) is 0 Å². The van der Waals surface area contributed by atoms with Crippen LogP contribution in [-0.4, -0.2) is 57.0 Å². The first kappa shape index (κ1) is 28.6. The van der Waals surface area contributed by atoms with Crippen LogP contribution >= 0.6 is 11.3 Å². The van der Waals surface area contributed by atoms with E-state index in [0.29, 0.717) is 37.2 Å². The molecular weight excluding hydrogens is 514 g/mol. The molecule has 3 aromatic rings. The zero-order valence-corrected chi connectivity index (χ0v) is 23.8. The third kappa shape index (κ3) is 7.38. The molecule has 1 aromatic carbocycles. The molecule has 1 fully saturated rings. The van der Waals surface area contributed by atoms with Gasteiger partial charge in [-0.15, -0.1) is 11.3 Å². The van der Waals surface area contributed by atoms with Crippen molar-refractivity contribution in [3.8, 4) is 0 Å². The number of aromatic amines is 1. The summed E-state index contributed by atoms with van der Waals surface area (Å²) in [6, 6.07) is 6.74. The lowest BCUT2D eigenvalue weighted by Gasteiger charge is -2.27. The molecule has 2 atom stereocenters. The lowest BCUT2D eigenvalue weighted by Crippen LogP contribution is -2.52. The molecule has 1 unspecified atom stereocenters. The number of benzene rings is 1. The Bertz CT molecular complexity index is 1290. The van der Waals surface area contributed by atoms with Crippen LogP contribution in [0.25, 0.3) is 10.9 Å². The zero-order chi connectivity index (χ0) is 27.9. The van der Waals surface area contributed by atoms with E-state index in [0.717, 1.165) is 47.2 Å². The summed E-state index contributed by atoms with van der Waals surface area (Å²) in [5, 5.41) is 17.4. The maximum atomic E-state index is 13.7. The van der Waals surface area contributed by atoms with Crippen LogP contribution in [0.4, 0.5) is 4.79 Å². The van der Waals surface area contributed by atoms with Crippen LogP contribution in [0.2, 0.25) is 0 Å². The fourth-order valence-electron chi connectivity index (χ4n) is 5.20. The Hall–Kier alpha value is -3.40. The Morgan fingerprint density at radius 3 is 2.49 bits per heavy atom. The summed E-state index contributed by atoms with van der Waals surface area (Å²) in [7, 11) is 0. The highest BCUT2D eigenvalue weighted by atomic mass is 32.1. The maximum absolute atomic E-state index is 13.7. The van der Waals surface area contributed by atoms with Crippen LogP contribution in [0.15, 0.2) is 30.5 Å². The average Bonchev–Trinajstić information content (AvgIpc) is 3.38. The number of hydrogen-bond donors (Lipinski definition) is 4. The third-order valence-electron chi connectivity index (χ3n) is 7.22. The van der Waals surface area contributed by atoms with Crippen LogP contribution in [0.1, 0.15) is 84.4 Å². The Kier molecular flexibility index (Phi) is 9.61. The molecule has 9 nitrogen and oxygen atoms in total. The lowest BCUT2D eigenvalue weighted by molar-refractivity contribution is -0.124. The SMILES string of the molecule is Cc1sc(CCC(NC(=O)[C@H](CC(C)C)NC(=O)N2CCCCCC2)c2c[nH]c3ccccc23)nc1C(=O)O. The van der Waals surface area contributed by atoms with Crippen molar-refractivity contribution < 1.29 is 19.5 Å². The number of fused-ring (bicyclic) bond motifs is 1. The molecule has 3 amide bonds. The number of thiazole rings is 1. The van der Waals surface area contributed by atoms with E-state index in [4.69, 9.17) is 0 Å². The molecule has 2 aromatic heterocycles. The molecule has 10 heteroatoms. The van der Waals surface area contributed by atoms with Gasteiger partial charge in [-0.1, -0.05) is 44.9 Å². The molecule has 1 aliphatic rings. The Balaban J connectivity index is 1.54. The van der Waals surface area contributed by atoms with Gasteiger partial charge in [0.05, 0.1) is 11.0 Å². The number of hydrogen-bond acceptors (Lipinski definition) is 5. The fraction of sp³-hybridized carbons (Fsp3) is 0.517. The molecule has 0 spiro atoms. The second kappa shape index (κ2) is 13.1. The predicted octanol–water partition coefficient (Wildman–Crippen LogP) is 5.42. The summed E-state index contributed by atoms with van der Waals surface area (Å²) in [5.41, 5.74) is 2.00. The van der Waals surface area contributed by atoms with E-state index < -0.39 is 12.0 Å². The normalized spacial score (nSPS) is 15.6. The molecule has 0 radical (unpaired) electrons. The van der Waals surface area contributed by atoms with Crippen molar-refractivity contribution >= 4 is 40.1 Å². The van der Waals surface area contributed by atoms with Crippen LogP contribution in [0.5, 0.6) is 0 Å². The number of nitrogens with one attached hydrogen (secondary N) is 3. The van der Waals surface area contributed by atoms with Gasteiger partial charge >= 0.3 is 12.0 Å². The molecule has 1 aliphatic heterocycles. The predicted molar refractivity (Wildman–Crippen MR) is 153 cm³/mol. The number of carbonyl (C=O) groups is 3. The molecule has 39 heavy (non-hydrogen) atoms. The van der Waals surface area contributed by atoms with Crippen molar-refractivity contribution in [2.24, 2.45) is 5.92 Å². The van der Waals surface area contributed by atoms with E-state index in [-0.39, 0.29) is 29.6 Å². The van der Waals surface area contributed by atoms with Gasteiger partial charge in [-0.05, 0) is 50.2 Å². The summed E-state index contributed by atoms with van der Waals surface area (Å²) < 4.78 is 0. The van der Waals surface area contributed by atoms with Crippen LogP contribution in [0.3, 0.4) is 0 Å². The molecule has 4 rings (SSSR count). The van der Waals surface area contributed by atoms with Crippen LogP contribution in [-0.2, 0) is 11.2 Å². The molecule has 210 valence electrons. The molecule has 3 heterocycles. The van der Waals surface area contributed by atoms with Gasteiger partial charge in [0.2, 0.25) is 5.91 Å². The van der Waals surface area contributed by atoms with Crippen LogP contribution in [0, 0.1) is 12.8 Å². The second-order valence-electron chi connectivity index (χ2n) is 10.7. The maximum Gasteiger partial charge on any atom is 0.355 e. The van der Waals surface area contributed by atoms with E-state index in [1.807, 2.05) is 49.2 Å². The fourth-order valence-corrected chi connectivity index (χ4v) is 6.14. The first-order valence-electron chi connectivity index (χ1n) is 13.8. The number of H-pyrrole nitrogens is 1. The van der Waals surface area contributed by atoms with Gasteiger partial charge in [-0.3, -0.25) is 4.79 Å². The Labute approximate surface area is 233 Å². The third-order valence-corrected chi connectivity index (χ3v) is 8.25. The Morgan fingerprint density at radius 1 is 1.10 bits per heavy atom. The smallest absolute Gasteiger partial charge is 0.355 e. The largest absolute Gasteiger partial charge is 0.476 e. The number of aromatic nitrogens is 2. The van der Waals surface area contributed by atoms with Crippen molar-refractivity contribution in [1.82, 2.24) is 25.5 Å². The number of amides is 3. The summed E-state index contributed by atoms with van der Waals surface area (Å²) in [4.78, 5) is 48.4. The molecule has 0 aliphatic carbocycles. The standard InChI is InChI=1S/C29H39N5O4S/c1-18(2)16-24(32-29(38)34-14-8-4-5-9-15-34)27(35)31-23(21-17-30-22-11-7-6-10-20(21)22)12-13-25-33-26(28(36)37)19(3)39-25/h6-7,10-11,17-18,23-24,30H,4-5,8-9,12-16H2,1-3H3,(H,31,35)(H,32,38)(H,36,37)/t23?,24-/m0/s1. The summed E-state index contributed by atoms with van der Waals surface area (Å²) >= 11 is 1.37.